The van der Waals surface area contributed by atoms with E-state index >= 15 is 0 Å². The minimum Gasteiger partial charge on any atom is -0.306 e. The van der Waals surface area contributed by atoms with Crippen LogP contribution in [0.3, 0.4) is 0 Å². The number of rotatable bonds is 5. The largest absolute Gasteiger partial charge is 0.306 e. The fourth-order valence-electron chi connectivity index (χ4n) is 2.41. The van der Waals surface area contributed by atoms with Gasteiger partial charge in [-0.15, -0.1) is 0 Å². The van der Waals surface area contributed by atoms with Crippen LogP contribution in [0.15, 0.2) is 53.0 Å². The van der Waals surface area contributed by atoms with E-state index in [9.17, 15) is 0 Å². The van der Waals surface area contributed by atoms with Crippen LogP contribution in [0.25, 0.3) is 0 Å². The summed E-state index contributed by atoms with van der Waals surface area (Å²) in [7, 11) is 0. The summed E-state index contributed by atoms with van der Waals surface area (Å²) in [5.41, 5.74) is 3.94. The molecule has 0 amide bonds. The van der Waals surface area contributed by atoms with E-state index in [0.717, 1.165) is 6.54 Å². The molecule has 1 atom stereocenters. The maximum Gasteiger partial charge on any atom is 0.0346 e. The summed E-state index contributed by atoms with van der Waals surface area (Å²) in [6.07, 6.45) is 0. The maximum atomic E-state index is 3.68. The summed E-state index contributed by atoms with van der Waals surface area (Å²) in [4.78, 5) is 0. The van der Waals surface area contributed by atoms with Gasteiger partial charge in [0, 0.05) is 17.1 Å². The van der Waals surface area contributed by atoms with Crippen molar-refractivity contribution in [3.8, 4) is 0 Å². The Balaban J connectivity index is 2.10. The monoisotopic (exact) mass is 331 g/mol. The molecule has 0 heterocycles. The highest BCUT2D eigenvalue weighted by atomic mass is 79.9. The van der Waals surface area contributed by atoms with Gasteiger partial charge in [-0.2, -0.15) is 0 Å². The van der Waals surface area contributed by atoms with E-state index < -0.39 is 0 Å². The second-order valence-corrected chi connectivity index (χ2v) is 6.46. The standard InChI is InChI=1S/C18H22BrN/c1-13(2)18(15-7-5-4-6-8-15)20-12-16-10-9-14(3)11-17(16)19/h4-11,13,18,20H,12H2,1-3H3. The van der Waals surface area contributed by atoms with Gasteiger partial charge in [0.15, 0.2) is 0 Å². The fraction of sp³-hybridized carbons (Fsp3) is 0.333. The lowest BCUT2D eigenvalue weighted by Gasteiger charge is -2.23. The van der Waals surface area contributed by atoms with Crippen LogP contribution >= 0.6 is 15.9 Å². The van der Waals surface area contributed by atoms with Gasteiger partial charge < -0.3 is 5.32 Å². The van der Waals surface area contributed by atoms with Crippen LogP contribution in [-0.2, 0) is 6.54 Å². The molecule has 2 heteroatoms. The third-order valence-electron chi connectivity index (χ3n) is 3.55. The van der Waals surface area contributed by atoms with Crippen LogP contribution in [0.5, 0.6) is 0 Å². The lowest BCUT2D eigenvalue weighted by Crippen LogP contribution is -2.25. The molecule has 0 aliphatic heterocycles. The van der Waals surface area contributed by atoms with Crippen LogP contribution in [0.1, 0.15) is 36.6 Å². The molecule has 1 unspecified atom stereocenters. The van der Waals surface area contributed by atoms with Crippen LogP contribution in [0.4, 0.5) is 0 Å². The lowest BCUT2D eigenvalue weighted by molar-refractivity contribution is 0.410. The molecule has 0 saturated carbocycles. The SMILES string of the molecule is Cc1ccc(CNC(c2ccccc2)C(C)C)c(Br)c1. The summed E-state index contributed by atoms with van der Waals surface area (Å²) >= 11 is 3.65. The molecule has 0 saturated heterocycles. The Kier molecular flexibility index (Phi) is 5.38. The number of aryl methyl sites for hydroxylation is 1. The Labute approximate surface area is 130 Å². The first-order valence-electron chi connectivity index (χ1n) is 7.11. The first kappa shape index (κ1) is 15.3. The van der Waals surface area contributed by atoms with E-state index in [-0.39, 0.29) is 0 Å². The first-order chi connectivity index (χ1) is 9.58. The zero-order valence-corrected chi connectivity index (χ0v) is 13.9. The molecule has 1 nitrogen and oxygen atoms in total. The topological polar surface area (TPSA) is 12.0 Å². The molecule has 0 fully saturated rings. The lowest BCUT2D eigenvalue weighted by atomic mass is 9.96. The molecule has 2 rings (SSSR count). The number of hydrogen-bond donors (Lipinski definition) is 1. The van der Waals surface area contributed by atoms with E-state index in [1.807, 2.05) is 0 Å². The summed E-state index contributed by atoms with van der Waals surface area (Å²) in [6, 6.07) is 17.6. The van der Waals surface area contributed by atoms with Crippen molar-refractivity contribution in [3.63, 3.8) is 0 Å². The van der Waals surface area contributed by atoms with E-state index in [1.54, 1.807) is 0 Å². The molecule has 0 radical (unpaired) electrons. The minimum atomic E-state index is 0.379. The molecule has 0 aromatic heterocycles. The molecule has 1 N–H and O–H groups in total. The Morgan fingerprint density at radius 3 is 2.35 bits per heavy atom. The van der Waals surface area contributed by atoms with Crippen molar-refractivity contribution in [1.29, 1.82) is 0 Å². The number of hydrogen-bond acceptors (Lipinski definition) is 1. The molecule has 2 aromatic rings. The van der Waals surface area contributed by atoms with Crippen molar-refractivity contribution in [3.05, 3.63) is 69.7 Å². The van der Waals surface area contributed by atoms with Crippen molar-refractivity contribution < 1.29 is 0 Å². The summed E-state index contributed by atoms with van der Waals surface area (Å²) in [6.45, 7) is 7.51. The van der Waals surface area contributed by atoms with Crippen LogP contribution in [-0.4, -0.2) is 0 Å². The normalized spacial score (nSPS) is 12.7. The zero-order valence-electron chi connectivity index (χ0n) is 12.4. The van der Waals surface area contributed by atoms with Crippen LogP contribution < -0.4 is 5.32 Å². The van der Waals surface area contributed by atoms with Gasteiger partial charge >= 0.3 is 0 Å². The first-order valence-corrected chi connectivity index (χ1v) is 7.90. The highest BCUT2D eigenvalue weighted by molar-refractivity contribution is 9.10. The van der Waals surface area contributed by atoms with Gasteiger partial charge in [0.2, 0.25) is 0 Å². The van der Waals surface area contributed by atoms with Crippen molar-refractivity contribution in [2.45, 2.75) is 33.4 Å². The number of halogens is 1. The van der Waals surface area contributed by atoms with Crippen molar-refractivity contribution in [2.24, 2.45) is 5.92 Å². The molecule has 2 aromatic carbocycles. The molecule has 0 bridgehead atoms. The Hall–Kier alpha value is -1.12. The van der Waals surface area contributed by atoms with Gasteiger partial charge in [-0.25, -0.2) is 0 Å². The highest BCUT2D eigenvalue weighted by Crippen LogP contribution is 2.24. The third-order valence-corrected chi connectivity index (χ3v) is 4.28. The second kappa shape index (κ2) is 7.05. The Morgan fingerprint density at radius 1 is 1.05 bits per heavy atom. The molecular formula is C18H22BrN. The average molecular weight is 332 g/mol. The predicted molar refractivity (Wildman–Crippen MR) is 89.7 cm³/mol. The molecular weight excluding hydrogens is 310 g/mol. The van der Waals surface area contributed by atoms with Gasteiger partial charge in [0.25, 0.3) is 0 Å². The smallest absolute Gasteiger partial charge is 0.0346 e. The van der Waals surface area contributed by atoms with Gasteiger partial charge in [0.1, 0.15) is 0 Å². The molecule has 0 aliphatic carbocycles. The molecule has 20 heavy (non-hydrogen) atoms. The van der Waals surface area contributed by atoms with Crippen LogP contribution in [0.2, 0.25) is 0 Å². The zero-order chi connectivity index (χ0) is 14.5. The summed E-state index contributed by atoms with van der Waals surface area (Å²) in [5, 5.41) is 3.68. The van der Waals surface area contributed by atoms with Crippen molar-refractivity contribution in [1.82, 2.24) is 5.32 Å². The maximum absolute atomic E-state index is 3.68. The minimum absolute atomic E-state index is 0.379. The van der Waals surface area contributed by atoms with E-state index in [4.69, 9.17) is 0 Å². The molecule has 106 valence electrons. The number of benzene rings is 2. The van der Waals surface area contributed by atoms with Gasteiger partial charge in [-0.1, -0.05) is 72.2 Å². The third kappa shape index (κ3) is 3.94. The van der Waals surface area contributed by atoms with Gasteiger partial charge in [-0.3, -0.25) is 0 Å². The van der Waals surface area contributed by atoms with E-state index in [0.29, 0.717) is 12.0 Å². The Morgan fingerprint density at radius 2 is 1.75 bits per heavy atom. The van der Waals surface area contributed by atoms with Crippen molar-refractivity contribution >= 4 is 15.9 Å². The number of nitrogens with one attached hydrogen (secondary N) is 1. The fourth-order valence-corrected chi connectivity index (χ4v) is 3.05. The summed E-state index contributed by atoms with van der Waals surface area (Å²) < 4.78 is 1.18. The van der Waals surface area contributed by atoms with E-state index in [1.165, 1.54) is 21.2 Å². The predicted octanol–water partition coefficient (Wildman–Crippen LogP) is 5.24. The second-order valence-electron chi connectivity index (χ2n) is 5.61. The van der Waals surface area contributed by atoms with Gasteiger partial charge in [0.05, 0.1) is 0 Å². The highest BCUT2D eigenvalue weighted by Gasteiger charge is 2.15. The molecule has 0 spiro atoms. The average Bonchev–Trinajstić information content (AvgIpc) is 2.42. The summed E-state index contributed by atoms with van der Waals surface area (Å²) in [5.74, 6) is 0.557. The van der Waals surface area contributed by atoms with Crippen molar-refractivity contribution in [2.75, 3.05) is 0 Å². The van der Waals surface area contributed by atoms with Gasteiger partial charge in [-0.05, 0) is 35.6 Å². The quantitative estimate of drug-likeness (QED) is 0.789. The Bertz CT molecular complexity index is 549. The van der Waals surface area contributed by atoms with E-state index in [2.05, 4.69) is 90.5 Å². The van der Waals surface area contributed by atoms with Crippen LogP contribution in [0, 0.1) is 12.8 Å². The molecule has 0 aliphatic rings.